The lowest BCUT2D eigenvalue weighted by molar-refractivity contribution is -0.113. The standard InChI is InChI=1S/C23H22ClN3O2S/c1-2-15-29-20-9-3-17(4-10-20)16-21-22(28)25-23(30-21)27-13-11-26(12-14-27)19-7-5-18(24)6-8-19/h2-10,16H,1,11-15H2/b21-16+. The van der Waals surface area contributed by atoms with Gasteiger partial charge in [0, 0.05) is 36.9 Å². The highest BCUT2D eigenvalue weighted by Gasteiger charge is 2.28. The molecule has 0 bridgehead atoms. The first-order valence-corrected chi connectivity index (χ1v) is 10.9. The Morgan fingerprint density at radius 3 is 2.37 bits per heavy atom. The zero-order chi connectivity index (χ0) is 20.9. The molecule has 0 spiro atoms. The van der Waals surface area contributed by atoms with Crippen molar-refractivity contribution >= 4 is 46.2 Å². The average molecular weight is 440 g/mol. The molecule has 154 valence electrons. The predicted octanol–water partition coefficient (Wildman–Crippen LogP) is 4.70. The van der Waals surface area contributed by atoms with Crippen molar-refractivity contribution in [2.24, 2.45) is 4.99 Å². The summed E-state index contributed by atoms with van der Waals surface area (Å²) in [7, 11) is 0. The molecule has 2 aliphatic rings. The number of thioether (sulfide) groups is 1. The summed E-state index contributed by atoms with van der Waals surface area (Å²) in [6.07, 6.45) is 3.59. The second-order valence-electron chi connectivity index (χ2n) is 6.93. The van der Waals surface area contributed by atoms with Crippen molar-refractivity contribution in [3.05, 3.63) is 76.7 Å². The van der Waals surface area contributed by atoms with Crippen LogP contribution in [-0.2, 0) is 4.79 Å². The van der Waals surface area contributed by atoms with Crippen molar-refractivity contribution in [3.8, 4) is 5.75 Å². The molecule has 2 aromatic carbocycles. The van der Waals surface area contributed by atoms with E-state index in [4.69, 9.17) is 16.3 Å². The molecule has 0 aromatic heterocycles. The van der Waals surface area contributed by atoms with Crippen LogP contribution in [0.25, 0.3) is 6.08 Å². The fraction of sp³-hybridized carbons (Fsp3) is 0.217. The molecule has 2 aliphatic heterocycles. The molecular weight excluding hydrogens is 418 g/mol. The molecule has 0 radical (unpaired) electrons. The van der Waals surface area contributed by atoms with Gasteiger partial charge in [-0.15, -0.1) is 0 Å². The lowest BCUT2D eigenvalue weighted by Gasteiger charge is -2.36. The summed E-state index contributed by atoms with van der Waals surface area (Å²) >= 11 is 7.43. The fourth-order valence-electron chi connectivity index (χ4n) is 3.31. The first kappa shape index (κ1) is 20.6. The van der Waals surface area contributed by atoms with Crippen LogP contribution in [0, 0.1) is 0 Å². The van der Waals surface area contributed by atoms with E-state index in [0.717, 1.165) is 53.4 Å². The van der Waals surface area contributed by atoms with Gasteiger partial charge >= 0.3 is 0 Å². The second-order valence-corrected chi connectivity index (χ2v) is 8.37. The molecule has 0 N–H and O–H groups in total. The zero-order valence-corrected chi connectivity index (χ0v) is 18.0. The van der Waals surface area contributed by atoms with Gasteiger partial charge in [-0.25, -0.2) is 0 Å². The number of carbonyl (C=O) groups is 1. The lowest BCUT2D eigenvalue weighted by atomic mass is 10.2. The molecule has 0 atom stereocenters. The highest BCUT2D eigenvalue weighted by molar-refractivity contribution is 8.18. The zero-order valence-electron chi connectivity index (χ0n) is 16.5. The smallest absolute Gasteiger partial charge is 0.286 e. The number of ether oxygens (including phenoxy) is 1. The molecule has 1 amide bonds. The van der Waals surface area contributed by atoms with Gasteiger partial charge in [0.2, 0.25) is 0 Å². The number of nitrogens with zero attached hydrogens (tertiary/aromatic N) is 3. The number of halogens is 1. The van der Waals surface area contributed by atoms with Crippen LogP contribution in [0.15, 0.2) is 71.1 Å². The first-order chi connectivity index (χ1) is 14.6. The van der Waals surface area contributed by atoms with Crippen LogP contribution in [-0.4, -0.2) is 48.8 Å². The van der Waals surface area contributed by atoms with Gasteiger partial charge in [0.25, 0.3) is 5.91 Å². The number of hydrogen-bond acceptors (Lipinski definition) is 5. The number of piperazine rings is 1. The van der Waals surface area contributed by atoms with Crippen molar-refractivity contribution in [2.45, 2.75) is 0 Å². The third-order valence-electron chi connectivity index (χ3n) is 4.90. The van der Waals surface area contributed by atoms with Gasteiger partial charge in [-0.1, -0.05) is 36.4 Å². The van der Waals surface area contributed by atoms with Gasteiger partial charge in [0.1, 0.15) is 12.4 Å². The molecule has 7 heteroatoms. The lowest BCUT2D eigenvalue weighted by Crippen LogP contribution is -2.47. The van der Waals surface area contributed by atoms with Crippen molar-refractivity contribution in [1.29, 1.82) is 0 Å². The number of amidine groups is 1. The van der Waals surface area contributed by atoms with Crippen molar-refractivity contribution in [3.63, 3.8) is 0 Å². The van der Waals surface area contributed by atoms with Crippen molar-refractivity contribution < 1.29 is 9.53 Å². The van der Waals surface area contributed by atoms with Gasteiger partial charge < -0.3 is 14.5 Å². The van der Waals surface area contributed by atoms with Crippen LogP contribution in [0.5, 0.6) is 5.75 Å². The van der Waals surface area contributed by atoms with Crippen LogP contribution in [0.3, 0.4) is 0 Å². The molecule has 30 heavy (non-hydrogen) atoms. The third kappa shape index (κ3) is 4.89. The van der Waals surface area contributed by atoms with Gasteiger partial charge in [-0.05, 0) is 59.8 Å². The molecule has 0 aliphatic carbocycles. The van der Waals surface area contributed by atoms with Crippen molar-refractivity contribution in [2.75, 3.05) is 37.7 Å². The Balaban J connectivity index is 1.35. The van der Waals surface area contributed by atoms with Gasteiger partial charge in [-0.3, -0.25) is 4.79 Å². The Morgan fingerprint density at radius 1 is 1.03 bits per heavy atom. The van der Waals surface area contributed by atoms with Crippen LogP contribution < -0.4 is 9.64 Å². The summed E-state index contributed by atoms with van der Waals surface area (Å²) in [6.45, 7) is 7.51. The third-order valence-corrected chi connectivity index (χ3v) is 6.19. The molecular formula is C23H22ClN3O2S. The molecule has 2 aromatic rings. The Morgan fingerprint density at radius 2 is 1.70 bits per heavy atom. The van der Waals surface area contributed by atoms with Crippen molar-refractivity contribution in [1.82, 2.24) is 4.90 Å². The van der Waals surface area contributed by atoms with Crippen LogP contribution in [0.2, 0.25) is 5.02 Å². The van der Waals surface area contributed by atoms with E-state index in [1.165, 1.54) is 11.8 Å². The second kappa shape index (κ2) is 9.41. The van der Waals surface area contributed by atoms with E-state index < -0.39 is 0 Å². The normalized spacial score (nSPS) is 18.0. The largest absolute Gasteiger partial charge is 0.490 e. The number of rotatable bonds is 5. The molecule has 0 saturated carbocycles. The summed E-state index contributed by atoms with van der Waals surface area (Å²) in [4.78, 5) is 21.8. The van der Waals surface area contributed by atoms with E-state index in [0.29, 0.717) is 11.5 Å². The summed E-state index contributed by atoms with van der Waals surface area (Å²) in [5.41, 5.74) is 2.11. The van der Waals surface area contributed by atoms with E-state index in [1.54, 1.807) is 6.08 Å². The number of anilines is 1. The van der Waals surface area contributed by atoms with Crippen LogP contribution in [0.1, 0.15) is 5.56 Å². The summed E-state index contributed by atoms with van der Waals surface area (Å²) < 4.78 is 5.49. The van der Waals surface area contributed by atoms with Gasteiger partial charge in [0.05, 0.1) is 4.91 Å². The SMILES string of the molecule is C=CCOc1ccc(/C=C2/SC(N3CCN(c4ccc(Cl)cc4)CC3)=NC2=O)cc1. The Bertz CT molecular complexity index is 979. The number of carbonyl (C=O) groups excluding carboxylic acids is 1. The minimum absolute atomic E-state index is 0.179. The highest BCUT2D eigenvalue weighted by Crippen LogP contribution is 2.31. The molecule has 1 fully saturated rings. The monoisotopic (exact) mass is 439 g/mol. The molecule has 5 nitrogen and oxygen atoms in total. The summed E-state index contributed by atoms with van der Waals surface area (Å²) in [5.74, 6) is 0.597. The van der Waals surface area contributed by atoms with E-state index in [2.05, 4.69) is 21.4 Å². The van der Waals surface area contributed by atoms with Crippen LogP contribution in [0.4, 0.5) is 5.69 Å². The van der Waals surface area contributed by atoms with E-state index in [-0.39, 0.29) is 5.91 Å². The van der Waals surface area contributed by atoms with E-state index >= 15 is 0 Å². The topological polar surface area (TPSA) is 45.1 Å². The summed E-state index contributed by atoms with van der Waals surface area (Å²) in [6, 6.07) is 15.5. The maximum absolute atomic E-state index is 12.4. The van der Waals surface area contributed by atoms with E-state index in [9.17, 15) is 4.79 Å². The quantitative estimate of drug-likeness (QED) is 0.499. The average Bonchev–Trinajstić information content (AvgIpc) is 3.14. The fourth-order valence-corrected chi connectivity index (χ4v) is 4.40. The number of benzene rings is 2. The predicted molar refractivity (Wildman–Crippen MR) is 125 cm³/mol. The maximum Gasteiger partial charge on any atom is 0.286 e. The Labute approximate surface area is 185 Å². The Hall–Kier alpha value is -2.70. The number of aliphatic imine (C=N–C) groups is 1. The van der Waals surface area contributed by atoms with Gasteiger partial charge in [0.15, 0.2) is 5.17 Å². The van der Waals surface area contributed by atoms with Gasteiger partial charge in [-0.2, -0.15) is 4.99 Å². The molecule has 0 unspecified atom stereocenters. The molecule has 2 heterocycles. The minimum Gasteiger partial charge on any atom is -0.490 e. The highest BCUT2D eigenvalue weighted by atomic mass is 35.5. The minimum atomic E-state index is -0.179. The van der Waals surface area contributed by atoms with E-state index in [1.807, 2.05) is 54.6 Å². The molecule has 4 rings (SSSR count). The van der Waals surface area contributed by atoms with Crippen LogP contribution >= 0.6 is 23.4 Å². The number of amides is 1. The summed E-state index contributed by atoms with van der Waals surface area (Å²) in [5, 5.41) is 1.53. The maximum atomic E-state index is 12.4. The first-order valence-electron chi connectivity index (χ1n) is 9.74. The Kier molecular flexibility index (Phi) is 6.45. The number of hydrogen-bond donors (Lipinski definition) is 0. The molecule has 1 saturated heterocycles.